The minimum absolute atomic E-state index is 0.113. The molecule has 7 N–H and O–H groups in total. The number of rotatable bonds is 9. The highest BCUT2D eigenvalue weighted by molar-refractivity contribution is 5.93. The summed E-state index contributed by atoms with van der Waals surface area (Å²) in [6.07, 6.45) is 2.30. The van der Waals surface area contributed by atoms with Crippen LogP contribution < -0.4 is 16.4 Å². The number of carboxylic acids is 2. The number of nitrogens with zero attached hydrogens (tertiary/aromatic N) is 1. The van der Waals surface area contributed by atoms with Crippen LogP contribution in [0.25, 0.3) is 0 Å². The van der Waals surface area contributed by atoms with Crippen molar-refractivity contribution in [3.8, 4) is 0 Å². The lowest BCUT2D eigenvalue weighted by molar-refractivity contribution is -0.141. The molecule has 0 fully saturated rings. The van der Waals surface area contributed by atoms with E-state index in [1.54, 1.807) is 0 Å². The fourth-order valence-electron chi connectivity index (χ4n) is 1.67. The van der Waals surface area contributed by atoms with Crippen molar-refractivity contribution in [2.75, 3.05) is 6.54 Å². The van der Waals surface area contributed by atoms with Gasteiger partial charge in [0.15, 0.2) is 0 Å². The molecule has 1 heterocycles. The molecule has 0 radical (unpaired) electrons. The molecule has 126 valence electrons. The molecule has 0 bridgehead atoms. The molecule has 2 amide bonds. The third-order valence-corrected chi connectivity index (χ3v) is 2.76. The largest absolute Gasteiger partial charge is 0.481 e. The topological polar surface area (TPSA) is 188 Å². The van der Waals surface area contributed by atoms with Crippen LogP contribution in [0.2, 0.25) is 0 Å². The summed E-state index contributed by atoms with van der Waals surface area (Å²) >= 11 is 0. The van der Waals surface area contributed by atoms with Gasteiger partial charge in [0.05, 0.1) is 18.8 Å². The van der Waals surface area contributed by atoms with Crippen LogP contribution in [-0.4, -0.2) is 62.6 Å². The van der Waals surface area contributed by atoms with E-state index in [1.807, 2.05) is 5.32 Å². The van der Waals surface area contributed by atoms with Gasteiger partial charge < -0.3 is 31.6 Å². The van der Waals surface area contributed by atoms with E-state index in [-0.39, 0.29) is 6.42 Å². The van der Waals surface area contributed by atoms with Crippen molar-refractivity contribution >= 4 is 23.8 Å². The lowest BCUT2D eigenvalue weighted by Gasteiger charge is -2.18. The molecule has 0 aromatic carbocycles. The maximum Gasteiger partial charge on any atom is 0.322 e. The second-order valence-electron chi connectivity index (χ2n) is 4.66. The summed E-state index contributed by atoms with van der Waals surface area (Å²) < 4.78 is 0. The average Bonchev–Trinajstić information content (AvgIpc) is 2.96. The Kier molecular flexibility index (Phi) is 6.68. The Morgan fingerprint density at radius 2 is 1.91 bits per heavy atom. The number of carboxylic acid groups (broad SMARTS) is 2. The molecule has 1 aromatic rings. The van der Waals surface area contributed by atoms with Crippen molar-refractivity contribution in [2.24, 2.45) is 5.73 Å². The summed E-state index contributed by atoms with van der Waals surface area (Å²) in [7, 11) is 0. The number of aliphatic carboxylic acids is 2. The lowest BCUT2D eigenvalue weighted by Crippen LogP contribution is -2.53. The molecule has 11 nitrogen and oxygen atoms in total. The van der Waals surface area contributed by atoms with Gasteiger partial charge in [-0.05, 0) is 0 Å². The van der Waals surface area contributed by atoms with E-state index in [0.29, 0.717) is 5.69 Å². The van der Waals surface area contributed by atoms with Gasteiger partial charge in [-0.3, -0.25) is 19.2 Å². The number of carbonyl (C=O) groups is 4. The fraction of sp³-hybridized carbons (Fsp3) is 0.417. The second-order valence-corrected chi connectivity index (χ2v) is 4.66. The predicted molar refractivity (Wildman–Crippen MR) is 75.1 cm³/mol. The highest BCUT2D eigenvalue weighted by Gasteiger charge is 2.26. The van der Waals surface area contributed by atoms with Crippen LogP contribution in [0.3, 0.4) is 0 Å². The number of hydrogen-bond acceptors (Lipinski definition) is 6. The first kappa shape index (κ1) is 18.1. The Labute approximate surface area is 130 Å². The third kappa shape index (κ3) is 6.56. The van der Waals surface area contributed by atoms with Crippen molar-refractivity contribution in [2.45, 2.75) is 24.9 Å². The number of aromatic nitrogens is 2. The number of amides is 2. The normalized spacial score (nSPS) is 12.9. The number of imidazole rings is 1. The van der Waals surface area contributed by atoms with Crippen molar-refractivity contribution in [3.63, 3.8) is 0 Å². The summed E-state index contributed by atoms with van der Waals surface area (Å²) in [4.78, 5) is 51.4. The third-order valence-electron chi connectivity index (χ3n) is 2.76. The first-order chi connectivity index (χ1) is 10.8. The number of H-pyrrole nitrogens is 1. The first-order valence-electron chi connectivity index (χ1n) is 6.54. The van der Waals surface area contributed by atoms with Crippen molar-refractivity contribution in [3.05, 3.63) is 18.2 Å². The van der Waals surface area contributed by atoms with Crippen molar-refractivity contribution in [1.29, 1.82) is 0 Å². The van der Waals surface area contributed by atoms with Gasteiger partial charge in [-0.15, -0.1) is 0 Å². The number of nitrogens with one attached hydrogen (secondary N) is 3. The molecule has 2 atom stereocenters. The standard InChI is InChI=1S/C12H17N5O6/c13-7(1-6-3-14-5-16-6)11(22)17-8(2-9(18)19)12(23)15-4-10(20)21/h3,5,7-8H,1-2,4,13H2,(H,14,16)(H,15,23)(H,17,22)(H,18,19)(H,20,21). The number of aromatic amines is 1. The van der Waals surface area contributed by atoms with Gasteiger partial charge in [-0.1, -0.05) is 0 Å². The molecular weight excluding hydrogens is 310 g/mol. The lowest BCUT2D eigenvalue weighted by atomic mass is 10.1. The van der Waals surface area contributed by atoms with Crippen LogP contribution in [0.5, 0.6) is 0 Å². The van der Waals surface area contributed by atoms with Crippen LogP contribution in [-0.2, 0) is 25.6 Å². The summed E-state index contributed by atoms with van der Waals surface area (Å²) in [5.74, 6) is -4.29. The van der Waals surface area contributed by atoms with E-state index in [2.05, 4.69) is 15.3 Å². The second kappa shape index (κ2) is 8.48. The minimum atomic E-state index is -1.42. The average molecular weight is 327 g/mol. The molecule has 23 heavy (non-hydrogen) atoms. The van der Waals surface area contributed by atoms with Crippen LogP contribution in [0.1, 0.15) is 12.1 Å². The number of nitrogens with two attached hydrogens (primary N) is 1. The molecular formula is C12H17N5O6. The Balaban J connectivity index is 2.63. The summed E-state index contributed by atoms with van der Waals surface area (Å²) in [5.41, 5.74) is 6.27. The quantitative estimate of drug-likeness (QED) is 0.285. The number of carbonyl (C=O) groups excluding carboxylic acids is 2. The van der Waals surface area contributed by atoms with Gasteiger partial charge in [0.1, 0.15) is 12.6 Å². The predicted octanol–water partition coefficient (Wildman–Crippen LogP) is -2.56. The highest BCUT2D eigenvalue weighted by atomic mass is 16.4. The SMILES string of the molecule is NC(Cc1cnc[nH]1)C(=O)NC(CC(=O)O)C(=O)NCC(=O)O. The Morgan fingerprint density at radius 3 is 2.43 bits per heavy atom. The Bertz CT molecular complexity index is 573. The molecule has 0 aliphatic carbocycles. The zero-order chi connectivity index (χ0) is 17.4. The van der Waals surface area contributed by atoms with Gasteiger partial charge in [-0.2, -0.15) is 0 Å². The van der Waals surface area contributed by atoms with Gasteiger partial charge in [-0.25, -0.2) is 4.98 Å². The van der Waals surface area contributed by atoms with Crippen molar-refractivity contribution < 1.29 is 29.4 Å². The first-order valence-corrected chi connectivity index (χ1v) is 6.54. The molecule has 0 spiro atoms. The van der Waals surface area contributed by atoms with Crippen LogP contribution >= 0.6 is 0 Å². The zero-order valence-corrected chi connectivity index (χ0v) is 12.0. The molecule has 1 aromatic heterocycles. The minimum Gasteiger partial charge on any atom is -0.481 e. The maximum atomic E-state index is 11.9. The van der Waals surface area contributed by atoms with Gasteiger partial charge in [0, 0.05) is 18.3 Å². The van der Waals surface area contributed by atoms with E-state index in [4.69, 9.17) is 15.9 Å². The Morgan fingerprint density at radius 1 is 1.22 bits per heavy atom. The fourth-order valence-corrected chi connectivity index (χ4v) is 1.67. The van der Waals surface area contributed by atoms with E-state index in [0.717, 1.165) is 0 Å². The Hall–Kier alpha value is -2.95. The monoisotopic (exact) mass is 327 g/mol. The number of hydrogen-bond donors (Lipinski definition) is 6. The molecule has 0 saturated carbocycles. The van der Waals surface area contributed by atoms with Gasteiger partial charge >= 0.3 is 11.9 Å². The molecule has 11 heteroatoms. The highest BCUT2D eigenvalue weighted by Crippen LogP contribution is 1.99. The summed E-state index contributed by atoms with van der Waals surface area (Å²) in [6, 6.07) is -2.45. The van der Waals surface area contributed by atoms with Crippen LogP contribution in [0, 0.1) is 0 Å². The van der Waals surface area contributed by atoms with Crippen LogP contribution in [0.4, 0.5) is 0 Å². The smallest absolute Gasteiger partial charge is 0.322 e. The molecule has 0 saturated heterocycles. The van der Waals surface area contributed by atoms with E-state index >= 15 is 0 Å². The van der Waals surface area contributed by atoms with Crippen LogP contribution in [0.15, 0.2) is 12.5 Å². The molecule has 0 aliphatic heterocycles. The molecule has 0 aliphatic rings. The zero-order valence-electron chi connectivity index (χ0n) is 12.0. The van der Waals surface area contributed by atoms with Gasteiger partial charge in [0.25, 0.3) is 0 Å². The van der Waals surface area contributed by atoms with Crippen molar-refractivity contribution in [1.82, 2.24) is 20.6 Å². The maximum absolute atomic E-state index is 11.9. The molecule has 1 rings (SSSR count). The van der Waals surface area contributed by atoms with Gasteiger partial charge in [0.2, 0.25) is 11.8 Å². The van der Waals surface area contributed by atoms with E-state index < -0.39 is 48.8 Å². The summed E-state index contributed by atoms with van der Waals surface area (Å²) in [6.45, 7) is -0.689. The van der Waals surface area contributed by atoms with E-state index in [9.17, 15) is 19.2 Å². The van der Waals surface area contributed by atoms with E-state index in [1.165, 1.54) is 12.5 Å². The molecule has 2 unspecified atom stereocenters. The summed E-state index contributed by atoms with van der Waals surface area (Å²) in [5, 5.41) is 21.5.